The molecule has 0 N–H and O–H groups in total. The normalized spacial score (nSPS) is 17.7. The smallest absolute Gasteiger partial charge is 0.219 e. The zero-order chi connectivity index (χ0) is 103. The molecule has 7 aliphatic rings. The SMILES string of the molecule is CC(=O)N1CCC(CCC(C)(C)C)CC1.CC(=O)N1CCC(OC(C)(C)C)CC1.CC(C)(C)CCc1ccccn1.CC(C)(C)N1CCCCC1.CC(C)(C)Oc1ccccn1.CC(C)c1cscn1.CCCN1CCC(CCC(C)(C)C)CC1.CCCN1CCC(CCC(C)(C)C)CC1.CCCN1CCC(OC(C)C)CC1.CCCN1CCC(OC)CC1.CCN(CC)c1nc(C(C)C)cs1. The monoisotopic (exact) mass is 1960 g/mol. The van der Waals surface area contributed by atoms with E-state index in [0.29, 0.717) is 69.3 Å². The standard InChI is InChI=1S/2C14H29N.C13H25NO.C11H21NO2.C11H23NO.C11H17N.C10H18N2S.C9H13NO.C9H19NO.C9H19N.C6H9NS/c2*1-5-10-15-11-7-13(8-12-15)6-9-14(2,3)4;1-11(15)14-9-6-12(7-10-14)5-8-13(2,3)4;1-9(13)12-7-5-10(6-8-12)14-11(2,3)4;1-4-7-12-8-5-11(6-9-12)13-10(2)3;1-11(2,3)8-7-10-6-4-5-9-12-10;1-5-12(6-2)10-11-9(7-13-10)8(3)4;1-9(2,3)11-8-6-4-5-7-10-8;1-3-6-10-7-4-9(11-2)5-8-10;1-9(2,3)10-7-5-4-6-8-10;1-5(2)6-3-8-4-7-6/h2*13H,5-12H2,1-4H3;12H,5-10H2,1-4H3;10H,5-8H2,1-4H3;10-11H,4-9H2,1-3H3;4-6,9H,7-8H2,1-3H3;7-8H,5-6H2,1-4H3;4-7H,1-3H3;9H,3-8H2,1-2H3;4-8H2,1-3H3;3-5H,1-2H3. The summed E-state index contributed by atoms with van der Waals surface area (Å²) in [6.45, 7) is 100. The fourth-order valence-corrected chi connectivity index (χ4v) is 19.4. The lowest BCUT2D eigenvalue weighted by atomic mass is 9.83. The Morgan fingerprint density at radius 2 is 0.810 bits per heavy atom. The van der Waals surface area contributed by atoms with Gasteiger partial charge in [-0.1, -0.05) is 157 Å². The quantitative estimate of drug-likeness (QED) is 0.0586. The molecule has 11 rings (SSSR count). The van der Waals surface area contributed by atoms with Crippen molar-refractivity contribution in [2.75, 3.05) is 143 Å². The van der Waals surface area contributed by atoms with Gasteiger partial charge in [0.15, 0.2) is 5.13 Å². The fourth-order valence-electron chi connectivity index (χ4n) is 17.5. The number of carbonyl (C=O) groups is 2. The highest BCUT2D eigenvalue weighted by molar-refractivity contribution is 7.13. The first-order chi connectivity index (χ1) is 64.1. The Morgan fingerprint density at radius 3 is 1.10 bits per heavy atom. The van der Waals surface area contributed by atoms with E-state index in [1.54, 1.807) is 42.7 Å². The number of rotatable bonds is 26. The van der Waals surface area contributed by atoms with E-state index in [4.69, 9.17) is 18.9 Å². The highest BCUT2D eigenvalue weighted by Gasteiger charge is 2.29. The van der Waals surface area contributed by atoms with Gasteiger partial charge in [-0.25, -0.2) is 15.0 Å². The number of carbonyl (C=O) groups excluding carboxylic acids is 2. The fraction of sp³-hybridized carbons (Fsp3) is 0.846. The third-order valence-electron chi connectivity index (χ3n) is 26.2. The number of pyridine rings is 2. The van der Waals surface area contributed by atoms with Gasteiger partial charge in [0.05, 0.1) is 46.9 Å². The number of hydrogen-bond donors (Lipinski definition) is 0. The minimum atomic E-state index is -0.158. The van der Waals surface area contributed by atoms with Crippen LogP contribution in [0, 0.1) is 39.4 Å². The molecule has 0 aliphatic carbocycles. The summed E-state index contributed by atoms with van der Waals surface area (Å²) < 4.78 is 22.4. The molecular weight excluding hydrogens is 1730 g/mol. The predicted octanol–water partition coefficient (Wildman–Crippen LogP) is 29.5. The summed E-state index contributed by atoms with van der Waals surface area (Å²) in [6, 6.07) is 11.7. The lowest BCUT2D eigenvalue weighted by molar-refractivity contribution is -0.134. The molecule has 7 fully saturated rings. The van der Waals surface area contributed by atoms with E-state index in [0.717, 1.165) is 81.4 Å². The van der Waals surface area contributed by atoms with Crippen LogP contribution in [0.25, 0.3) is 0 Å². The van der Waals surface area contributed by atoms with Gasteiger partial charge in [0.25, 0.3) is 0 Å². The second-order valence-electron chi connectivity index (χ2n) is 48.7. The number of hydrogen-bond acceptors (Lipinski definition) is 18. The van der Waals surface area contributed by atoms with Crippen LogP contribution in [0.3, 0.4) is 0 Å². The lowest BCUT2D eigenvalue weighted by Gasteiger charge is -2.38. The number of anilines is 1. The van der Waals surface area contributed by atoms with Gasteiger partial charge in [0.2, 0.25) is 17.7 Å². The number of piperidine rings is 7. The molecule has 0 bridgehead atoms. The molecule has 0 saturated carbocycles. The van der Waals surface area contributed by atoms with Gasteiger partial charge in [-0.3, -0.25) is 19.5 Å². The number of amides is 2. The zero-order valence-corrected chi connectivity index (χ0v) is 98.0. The van der Waals surface area contributed by atoms with Gasteiger partial charge in [-0.2, -0.15) is 0 Å². The van der Waals surface area contributed by atoms with Crippen molar-refractivity contribution in [3.05, 3.63) is 82.1 Å². The van der Waals surface area contributed by atoms with Crippen molar-refractivity contribution in [1.29, 1.82) is 0 Å². The van der Waals surface area contributed by atoms with E-state index in [1.165, 1.54) is 263 Å². The number of aromatic nitrogens is 4. The molecule has 0 radical (unpaired) electrons. The topological polar surface area (TPSA) is 149 Å². The molecule has 0 atom stereocenters. The van der Waals surface area contributed by atoms with Crippen LogP contribution >= 0.6 is 22.7 Å². The summed E-state index contributed by atoms with van der Waals surface area (Å²) in [4.78, 5) is 58.3. The van der Waals surface area contributed by atoms with E-state index in [1.807, 2.05) is 79.7 Å². The van der Waals surface area contributed by atoms with Crippen LogP contribution < -0.4 is 9.64 Å². The van der Waals surface area contributed by atoms with Crippen LogP contribution in [0.1, 0.15) is 438 Å². The molecule has 4 aromatic heterocycles. The van der Waals surface area contributed by atoms with Gasteiger partial charge >= 0.3 is 0 Å². The minimum absolute atomic E-state index is 0.0664. The molecule has 0 spiro atoms. The summed E-state index contributed by atoms with van der Waals surface area (Å²) in [5.74, 6) is 5.10. The summed E-state index contributed by atoms with van der Waals surface area (Å²) >= 11 is 3.41. The molecule has 2 amide bonds. The van der Waals surface area contributed by atoms with E-state index < -0.39 is 0 Å². The molecule has 18 nitrogen and oxygen atoms in total. The Balaban J connectivity index is 0.000000756. The van der Waals surface area contributed by atoms with E-state index >= 15 is 0 Å². The second-order valence-corrected chi connectivity index (χ2v) is 50.2. The van der Waals surface area contributed by atoms with Crippen LogP contribution in [-0.2, 0) is 30.2 Å². The molecule has 20 heteroatoms. The number of methoxy groups -OCH3 is 1. The summed E-state index contributed by atoms with van der Waals surface area (Å²) in [6.07, 6.45) is 40.4. The van der Waals surface area contributed by atoms with Crippen molar-refractivity contribution in [3.63, 3.8) is 0 Å². The lowest BCUT2D eigenvalue weighted by Crippen LogP contribution is -2.44. The summed E-state index contributed by atoms with van der Waals surface area (Å²) in [5.41, 5.74) is 7.60. The number of thiazole rings is 2. The first-order valence-electron chi connectivity index (χ1n) is 55.2. The Bertz CT molecular complexity index is 3420. The molecule has 11 heterocycles. The van der Waals surface area contributed by atoms with Crippen molar-refractivity contribution in [1.82, 2.24) is 54.2 Å². The first-order valence-corrected chi connectivity index (χ1v) is 57.0. The second kappa shape index (κ2) is 71.3. The van der Waals surface area contributed by atoms with Gasteiger partial charge in [-0.15, -0.1) is 22.7 Å². The molecule has 0 aromatic carbocycles. The van der Waals surface area contributed by atoms with Gasteiger partial charge < -0.3 is 53.2 Å². The van der Waals surface area contributed by atoms with Crippen molar-refractivity contribution in [2.45, 2.75) is 469 Å². The van der Waals surface area contributed by atoms with E-state index in [9.17, 15) is 9.59 Å². The molecule has 4 aromatic rings. The Hall–Kier alpha value is -4.22. The molecule has 798 valence electrons. The van der Waals surface area contributed by atoms with Gasteiger partial charge in [0, 0.05) is 127 Å². The van der Waals surface area contributed by atoms with Crippen molar-refractivity contribution in [2.24, 2.45) is 39.4 Å². The third kappa shape index (κ3) is 70.2. The van der Waals surface area contributed by atoms with Crippen molar-refractivity contribution < 1.29 is 28.5 Å². The largest absolute Gasteiger partial charge is 0.472 e. The third-order valence-corrected chi connectivity index (χ3v) is 27.7. The average Bonchev–Trinajstić information content (AvgIpc) is 1.67. The molecule has 7 aliphatic heterocycles. The molecule has 137 heavy (non-hydrogen) atoms. The highest BCUT2D eigenvalue weighted by atomic mass is 32.1. The van der Waals surface area contributed by atoms with Crippen molar-refractivity contribution >= 4 is 39.6 Å². The Kier molecular flexibility index (Phi) is 68.1. The molecular formula is C117H222N12O6S2. The van der Waals surface area contributed by atoms with Crippen LogP contribution in [0.5, 0.6) is 5.88 Å². The highest BCUT2D eigenvalue weighted by Crippen LogP contribution is 2.34. The Labute approximate surface area is 855 Å². The average molecular weight is 1960 g/mol. The molecule has 7 saturated heterocycles. The predicted molar refractivity (Wildman–Crippen MR) is 597 cm³/mol. The van der Waals surface area contributed by atoms with E-state index in [-0.39, 0.29) is 23.0 Å². The van der Waals surface area contributed by atoms with Crippen LogP contribution in [-0.4, -0.2) is 245 Å². The van der Waals surface area contributed by atoms with Crippen LogP contribution in [0.15, 0.2) is 65.1 Å². The zero-order valence-electron chi connectivity index (χ0n) is 96.4. The maximum Gasteiger partial charge on any atom is 0.219 e. The Morgan fingerprint density at radius 1 is 0.431 bits per heavy atom. The van der Waals surface area contributed by atoms with Crippen molar-refractivity contribution in [3.8, 4) is 5.88 Å². The van der Waals surface area contributed by atoms with E-state index in [2.05, 4.69) is 274 Å². The number of likely N-dealkylation sites (tertiary alicyclic amines) is 7. The van der Waals surface area contributed by atoms with Gasteiger partial charge in [-0.05, 0) is 392 Å². The first kappa shape index (κ1) is 131. The minimum Gasteiger partial charge on any atom is -0.472 e. The maximum atomic E-state index is 11.1. The van der Waals surface area contributed by atoms with Crippen LogP contribution in [0.2, 0.25) is 0 Å². The number of nitrogens with zero attached hydrogens (tertiary/aromatic N) is 12. The summed E-state index contributed by atoms with van der Waals surface area (Å²) in [5, 5.41) is 5.41. The van der Waals surface area contributed by atoms with Crippen LogP contribution in [0.4, 0.5) is 5.13 Å². The molecule has 0 unspecified atom stereocenters. The number of aryl methyl sites for hydroxylation is 1. The van der Waals surface area contributed by atoms with Gasteiger partial charge in [0.1, 0.15) is 5.60 Å². The summed E-state index contributed by atoms with van der Waals surface area (Å²) in [7, 11) is 1.82. The number of ether oxygens (including phenoxy) is 4. The maximum absolute atomic E-state index is 11.1.